The molecule has 0 spiro atoms. The lowest BCUT2D eigenvalue weighted by atomic mass is 10.2. The standard InChI is InChI=1S/C19H23N3O5S/c1-4-10-22-16(20)15(17(24)21(3)19(22)26)14(23)11-27-18(25)12(2)28-13-8-6-5-7-9-13/h5-9,12H,4,10-11,20H2,1-3H3/t12-/m1/s1. The van der Waals surface area contributed by atoms with Gasteiger partial charge in [-0.1, -0.05) is 25.1 Å². The molecule has 1 atom stereocenters. The third kappa shape index (κ3) is 4.72. The molecular weight excluding hydrogens is 382 g/mol. The van der Waals surface area contributed by atoms with Crippen molar-refractivity contribution in [2.75, 3.05) is 12.3 Å². The summed E-state index contributed by atoms with van der Waals surface area (Å²) in [6.07, 6.45) is 0.596. The fourth-order valence-electron chi connectivity index (χ4n) is 2.56. The normalized spacial score (nSPS) is 11.8. The first-order valence-corrected chi connectivity index (χ1v) is 9.66. The van der Waals surface area contributed by atoms with Crippen molar-refractivity contribution in [2.24, 2.45) is 7.05 Å². The van der Waals surface area contributed by atoms with Crippen molar-refractivity contribution in [3.8, 4) is 0 Å². The Labute approximate surface area is 166 Å². The van der Waals surface area contributed by atoms with Crippen LogP contribution in [-0.4, -0.2) is 32.7 Å². The second-order valence-electron chi connectivity index (χ2n) is 6.16. The number of nitrogens with zero attached hydrogens (tertiary/aromatic N) is 2. The van der Waals surface area contributed by atoms with Gasteiger partial charge < -0.3 is 10.5 Å². The van der Waals surface area contributed by atoms with Crippen LogP contribution in [-0.2, 0) is 23.1 Å². The van der Waals surface area contributed by atoms with E-state index in [0.29, 0.717) is 6.42 Å². The van der Waals surface area contributed by atoms with Gasteiger partial charge in [-0.05, 0) is 25.5 Å². The number of carbonyl (C=O) groups is 2. The average Bonchev–Trinajstić information content (AvgIpc) is 2.68. The molecule has 1 aromatic heterocycles. The fraction of sp³-hybridized carbons (Fsp3) is 0.368. The molecule has 2 aromatic rings. The number of esters is 1. The highest BCUT2D eigenvalue weighted by molar-refractivity contribution is 8.00. The van der Waals surface area contributed by atoms with Crippen LogP contribution in [0.2, 0.25) is 0 Å². The number of benzene rings is 1. The molecule has 0 radical (unpaired) electrons. The Bertz CT molecular complexity index is 982. The molecule has 1 aromatic carbocycles. The number of carbonyl (C=O) groups excluding carboxylic acids is 2. The average molecular weight is 405 g/mol. The molecule has 8 nitrogen and oxygen atoms in total. The molecule has 0 aliphatic rings. The number of nitrogens with two attached hydrogens (primary N) is 1. The number of anilines is 1. The summed E-state index contributed by atoms with van der Waals surface area (Å²) in [5, 5.41) is -0.538. The number of nitrogen functional groups attached to an aromatic ring is 1. The maximum atomic E-state index is 12.5. The Hall–Kier alpha value is -2.81. The first-order valence-electron chi connectivity index (χ1n) is 8.78. The second-order valence-corrected chi connectivity index (χ2v) is 7.58. The zero-order valence-corrected chi connectivity index (χ0v) is 16.8. The number of rotatable bonds is 8. The van der Waals surface area contributed by atoms with Crippen LogP contribution in [0.3, 0.4) is 0 Å². The third-order valence-electron chi connectivity index (χ3n) is 4.04. The summed E-state index contributed by atoms with van der Waals surface area (Å²) in [6.45, 7) is 3.15. The quantitative estimate of drug-likeness (QED) is 0.402. The molecule has 0 bridgehead atoms. The van der Waals surface area contributed by atoms with Gasteiger partial charge in [0, 0.05) is 18.5 Å². The molecule has 0 fully saturated rings. The minimum atomic E-state index is -0.803. The minimum absolute atomic E-state index is 0.206. The molecule has 2 N–H and O–H groups in total. The largest absolute Gasteiger partial charge is 0.456 e. The van der Waals surface area contributed by atoms with E-state index in [4.69, 9.17) is 10.5 Å². The summed E-state index contributed by atoms with van der Waals surface area (Å²) in [7, 11) is 1.28. The van der Waals surface area contributed by atoms with Crippen LogP contribution in [0.1, 0.15) is 30.6 Å². The first-order chi connectivity index (χ1) is 13.3. The Balaban J connectivity index is 2.14. The number of thioether (sulfide) groups is 1. The van der Waals surface area contributed by atoms with Gasteiger partial charge in [-0.25, -0.2) is 4.79 Å². The Morgan fingerprint density at radius 1 is 1.21 bits per heavy atom. The molecule has 0 saturated carbocycles. The summed E-state index contributed by atoms with van der Waals surface area (Å²) < 4.78 is 7.07. The fourth-order valence-corrected chi connectivity index (χ4v) is 3.45. The molecule has 2 rings (SSSR count). The zero-order valence-electron chi connectivity index (χ0n) is 16.0. The molecule has 150 valence electrons. The molecule has 28 heavy (non-hydrogen) atoms. The van der Waals surface area contributed by atoms with Crippen LogP contribution < -0.4 is 17.0 Å². The monoisotopic (exact) mass is 405 g/mol. The zero-order chi connectivity index (χ0) is 20.8. The van der Waals surface area contributed by atoms with E-state index in [-0.39, 0.29) is 17.9 Å². The summed E-state index contributed by atoms with van der Waals surface area (Å²) in [6, 6.07) is 9.30. The third-order valence-corrected chi connectivity index (χ3v) is 5.13. The number of ether oxygens (including phenoxy) is 1. The van der Waals surface area contributed by atoms with Crippen LogP contribution in [0.15, 0.2) is 44.8 Å². The molecule has 0 saturated heterocycles. The molecule has 0 aliphatic carbocycles. The lowest BCUT2D eigenvalue weighted by molar-refractivity contribution is -0.141. The molecule has 0 aliphatic heterocycles. The number of Topliss-reactive ketones (excluding diaryl/α,β-unsaturated/α-hetero) is 1. The van der Waals surface area contributed by atoms with Crippen molar-refractivity contribution in [2.45, 2.75) is 37.0 Å². The summed E-state index contributed by atoms with van der Waals surface area (Å²) in [4.78, 5) is 50.1. The number of hydrogen-bond donors (Lipinski definition) is 1. The van der Waals surface area contributed by atoms with Crippen molar-refractivity contribution in [3.63, 3.8) is 0 Å². The number of aromatic nitrogens is 2. The summed E-state index contributed by atoms with van der Waals surface area (Å²) in [5.41, 5.74) is 4.16. The molecule has 1 heterocycles. The van der Waals surface area contributed by atoms with Gasteiger partial charge >= 0.3 is 11.7 Å². The van der Waals surface area contributed by atoms with Crippen molar-refractivity contribution in [1.82, 2.24) is 9.13 Å². The highest BCUT2D eigenvalue weighted by atomic mass is 32.2. The van der Waals surface area contributed by atoms with Crippen LogP contribution in [0.25, 0.3) is 0 Å². The number of hydrogen-bond acceptors (Lipinski definition) is 7. The van der Waals surface area contributed by atoms with Crippen LogP contribution in [0.4, 0.5) is 5.82 Å². The molecule has 0 unspecified atom stereocenters. The smallest absolute Gasteiger partial charge is 0.332 e. The highest BCUT2D eigenvalue weighted by Gasteiger charge is 2.24. The maximum Gasteiger partial charge on any atom is 0.332 e. The van der Waals surface area contributed by atoms with Gasteiger partial charge in [-0.2, -0.15) is 0 Å². The van der Waals surface area contributed by atoms with E-state index in [2.05, 4.69) is 0 Å². The number of ketones is 1. The van der Waals surface area contributed by atoms with E-state index < -0.39 is 34.9 Å². The van der Waals surface area contributed by atoms with E-state index >= 15 is 0 Å². The van der Waals surface area contributed by atoms with E-state index in [0.717, 1.165) is 9.46 Å². The van der Waals surface area contributed by atoms with Crippen molar-refractivity contribution in [1.29, 1.82) is 0 Å². The van der Waals surface area contributed by atoms with Gasteiger partial charge in [0.2, 0.25) is 5.78 Å². The van der Waals surface area contributed by atoms with Crippen LogP contribution in [0.5, 0.6) is 0 Å². The Morgan fingerprint density at radius 2 is 1.86 bits per heavy atom. The highest BCUT2D eigenvalue weighted by Crippen LogP contribution is 2.23. The topological polar surface area (TPSA) is 113 Å². The first kappa shape index (κ1) is 21.5. The van der Waals surface area contributed by atoms with Gasteiger partial charge in [0.15, 0.2) is 6.61 Å². The van der Waals surface area contributed by atoms with Crippen molar-refractivity contribution >= 4 is 29.3 Å². The SMILES string of the molecule is CCCn1c(N)c(C(=O)COC(=O)[C@@H](C)Sc2ccccc2)c(=O)n(C)c1=O. The van der Waals surface area contributed by atoms with Crippen LogP contribution >= 0.6 is 11.8 Å². The molecule has 0 amide bonds. The Morgan fingerprint density at radius 3 is 2.46 bits per heavy atom. The van der Waals surface area contributed by atoms with E-state index in [9.17, 15) is 19.2 Å². The van der Waals surface area contributed by atoms with E-state index in [1.807, 2.05) is 37.3 Å². The maximum absolute atomic E-state index is 12.5. The van der Waals surface area contributed by atoms with Crippen LogP contribution in [0, 0.1) is 0 Å². The Kier molecular flexibility index (Phi) is 7.22. The lowest BCUT2D eigenvalue weighted by Crippen LogP contribution is -2.43. The van der Waals surface area contributed by atoms with Crippen molar-refractivity contribution in [3.05, 3.63) is 56.7 Å². The predicted octanol–water partition coefficient (Wildman–Crippen LogP) is 1.45. The summed E-state index contributed by atoms with van der Waals surface area (Å²) in [5.74, 6) is -1.53. The van der Waals surface area contributed by atoms with Gasteiger partial charge in [0.25, 0.3) is 5.56 Å². The van der Waals surface area contributed by atoms with Gasteiger partial charge in [-0.15, -0.1) is 11.8 Å². The molecule has 9 heteroatoms. The molecular formula is C19H23N3O5S. The van der Waals surface area contributed by atoms with Gasteiger partial charge in [0.1, 0.15) is 16.6 Å². The van der Waals surface area contributed by atoms with Gasteiger partial charge in [0.05, 0.1) is 0 Å². The lowest BCUT2D eigenvalue weighted by Gasteiger charge is -2.14. The van der Waals surface area contributed by atoms with E-state index in [1.165, 1.54) is 23.4 Å². The minimum Gasteiger partial charge on any atom is -0.456 e. The van der Waals surface area contributed by atoms with Crippen molar-refractivity contribution < 1.29 is 14.3 Å². The van der Waals surface area contributed by atoms with E-state index in [1.54, 1.807) is 6.92 Å². The van der Waals surface area contributed by atoms with Gasteiger partial charge in [-0.3, -0.25) is 23.5 Å². The summed E-state index contributed by atoms with van der Waals surface area (Å²) >= 11 is 1.30. The second kappa shape index (κ2) is 9.41. The predicted molar refractivity (Wildman–Crippen MR) is 108 cm³/mol.